The first-order valence-electron chi connectivity index (χ1n) is 6.79. The van der Waals surface area contributed by atoms with Gasteiger partial charge in [0.05, 0.1) is 0 Å². The van der Waals surface area contributed by atoms with Crippen LogP contribution in [0.1, 0.15) is 51.5 Å². The topological polar surface area (TPSA) is 29.3 Å². The maximum atomic E-state index is 6.20. The number of nitrogens with two attached hydrogens (primary N) is 1. The highest BCUT2D eigenvalue weighted by molar-refractivity contribution is 7.10. The highest BCUT2D eigenvalue weighted by atomic mass is 32.1. The monoisotopic (exact) mass is 268 g/mol. The second-order valence-corrected chi connectivity index (χ2v) is 7.46. The molecular formula is C15H28N2S. The summed E-state index contributed by atoms with van der Waals surface area (Å²) in [6.07, 6.45) is 2.16. The van der Waals surface area contributed by atoms with Gasteiger partial charge in [-0.3, -0.25) is 4.90 Å². The summed E-state index contributed by atoms with van der Waals surface area (Å²) in [6, 6.07) is 5.13. The number of nitrogens with zero attached hydrogens (tertiary/aromatic N) is 1. The molecule has 0 aromatic carbocycles. The van der Waals surface area contributed by atoms with Gasteiger partial charge in [-0.2, -0.15) is 0 Å². The van der Waals surface area contributed by atoms with Gasteiger partial charge < -0.3 is 5.73 Å². The number of rotatable bonds is 6. The quantitative estimate of drug-likeness (QED) is 0.848. The van der Waals surface area contributed by atoms with Crippen molar-refractivity contribution in [3.05, 3.63) is 22.4 Å². The molecule has 0 amide bonds. The van der Waals surface area contributed by atoms with Crippen molar-refractivity contribution in [3.8, 4) is 0 Å². The first kappa shape index (κ1) is 15.7. The molecule has 0 aliphatic carbocycles. The van der Waals surface area contributed by atoms with Crippen LogP contribution in [0.4, 0.5) is 0 Å². The molecule has 18 heavy (non-hydrogen) atoms. The summed E-state index contributed by atoms with van der Waals surface area (Å²) < 4.78 is 0. The second-order valence-electron chi connectivity index (χ2n) is 6.49. The van der Waals surface area contributed by atoms with Gasteiger partial charge in [-0.25, -0.2) is 0 Å². The molecule has 0 bridgehead atoms. The van der Waals surface area contributed by atoms with E-state index in [0.717, 1.165) is 19.4 Å². The molecule has 0 saturated heterocycles. The molecule has 1 aromatic rings. The summed E-state index contributed by atoms with van der Waals surface area (Å²) in [4.78, 5) is 3.83. The maximum Gasteiger partial charge on any atom is 0.0410 e. The first-order valence-corrected chi connectivity index (χ1v) is 7.67. The fourth-order valence-electron chi connectivity index (χ4n) is 2.20. The van der Waals surface area contributed by atoms with Crippen molar-refractivity contribution in [3.63, 3.8) is 0 Å². The Morgan fingerprint density at radius 1 is 1.39 bits per heavy atom. The van der Waals surface area contributed by atoms with Crippen LogP contribution in [0.2, 0.25) is 0 Å². The van der Waals surface area contributed by atoms with Crippen LogP contribution in [0, 0.1) is 5.41 Å². The standard InChI is InChI=1S/C15H28N2S/c1-12(14-7-6-10-18-14)17(5)9-8-13(16)11-15(2,3)4/h6-7,10,12-13H,8-9,11,16H2,1-5H3. The van der Waals surface area contributed by atoms with Gasteiger partial charge in [0.25, 0.3) is 0 Å². The third-order valence-corrected chi connectivity index (χ3v) is 4.39. The molecular weight excluding hydrogens is 240 g/mol. The van der Waals surface area contributed by atoms with E-state index in [0.29, 0.717) is 17.5 Å². The zero-order valence-corrected chi connectivity index (χ0v) is 13.3. The van der Waals surface area contributed by atoms with E-state index in [1.807, 2.05) is 11.3 Å². The Bertz CT molecular complexity index is 327. The van der Waals surface area contributed by atoms with Gasteiger partial charge in [0, 0.05) is 17.0 Å². The van der Waals surface area contributed by atoms with E-state index in [1.165, 1.54) is 4.88 Å². The largest absolute Gasteiger partial charge is 0.328 e. The Balaban J connectivity index is 2.35. The van der Waals surface area contributed by atoms with Crippen LogP contribution in [0.5, 0.6) is 0 Å². The predicted octanol–water partition coefficient (Wildman–Crippen LogP) is 3.89. The highest BCUT2D eigenvalue weighted by Crippen LogP contribution is 2.25. The van der Waals surface area contributed by atoms with E-state index >= 15 is 0 Å². The lowest BCUT2D eigenvalue weighted by Crippen LogP contribution is -2.32. The molecule has 0 saturated carbocycles. The molecule has 104 valence electrons. The number of hydrogen-bond acceptors (Lipinski definition) is 3. The summed E-state index contributed by atoms with van der Waals surface area (Å²) >= 11 is 1.83. The fourth-order valence-corrected chi connectivity index (χ4v) is 3.05. The normalized spacial score (nSPS) is 15.9. The molecule has 3 heteroatoms. The summed E-state index contributed by atoms with van der Waals surface area (Å²) in [5, 5.41) is 2.14. The number of hydrogen-bond donors (Lipinski definition) is 1. The lowest BCUT2D eigenvalue weighted by molar-refractivity contribution is 0.240. The molecule has 0 aliphatic heterocycles. The molecule has 2 atom stereocenters. The summed E-state index contributed by atoms with van der Waals surface area (Å²) in [6.45, 7) is 10.1. The van der Waals surface area contributed by atoms with Crippen LogP contribution in [0.25, 0.3) is 0 Å². The van der Waals surface area contributed by atoms with Crippen molar-refractivity contribution in [2.75, 3.05) is 13.6 Å². The van der Waals surface area contributed by atoms with Crippen molar-refractivity contribution in [2.45, 2.75) is 52.6 Å². The minimum Gasteiger partial charge on any atom is -0.328 e. The van der Waals surface area contributed by atoms with E-state index in [1.54, 1.807) is 0 Å². The molecule has 1 aromatic heterocycles. The third kappa shape index (κ3) is 5.51. The summed E-state index contributed by atoms with van der Waals surface area (Å²) in [5.41, 5.74) is 6.53. The second kappa shape index (κ2) is 6.69. The highest BCUT2D eigenvalue weighted by Gasteiger charge is 2.17. The molecule has 0 aliphatic rings. The van der Waals surface area contributed by atoms with Crippen LogP contribution in [0.15, 0.2) is 17.5 Å². The van der Waals surface area contributed by atoms with E-state index in [-0.39, 0.29) is 0 Å². The van der Waals surface area contributed by atoms with Gasteiger partial charge >= 0.3 is 0 Å². The minimum atomic E-state index is 0.308. The maximum absolute atomic E-state index is 6.20. The zero-order valence-electron chi connectivity index (χ0n) is 12.4. The molecule has 0 spiro atoms. The molecule has 0 fully saturated rings. The van der Waals surface area contributed by atoms with Gasteiger partial charge in [-0.1, -0.05) is 26.8 Å². The minimum absolute atomic E-state index is 0.308. The molecule has 1 rings (SSSR count). The average Bonchev–Trinajstić information content (AvgIpc) is 2.75. The Kier molecular flexibility index (Phi) is 5.83. The lowest BCUT2D eigenvalue weighted by atomic mass is 9.87. The van der Waals surface area contributed by atoms with Crippen molar-refractivity contribution in [1.29, 1.82) is 0 Å². The van der Waals surface area contributed by atoms with E-state index in [4.69, 9.17) is 5.73 Å². The molecule has 0 radical (unpaired) electrons. The summed E-state index contributed by atoms with van der Waals surface area (Å²) in [5.74, 6) is 0. The van der Waals surface area contributed by atoms with Crippen molar-refractivity contribution in [1.82, 2.24) is 4.90 Å². The molecule has 1 heterocycles. The van der Waals surface area contributed by atoms with E-state index in [2.05, 4.69) is 57.2 Å². The van der Waals surface area contributed by atoms with Gasteiger partial charge in [0.1, 0.15) is 0 Å². The SMILES string of the molecule is CC(c1cccs1)N(C)CCC(N)CC(C)(C)C. The van der Waals surface area contributed by atoms with E-state index < -0.39 is 0 Å². The van der Waals surface area contributed by atoms with Crippen molar-refractivity contribution >= 4 is 11.3 Å². The van der Waals surface area contributed by atoms with Crippen LogP contribution in [-0.2, 0) is 0 Å². The first-order chi connectivity index (χ1) is 8.29. The van der Waals surface area contributed by atoms with Gasteiger partial charge in [0.2, 0.25) is 0 Å². The molecule has 2 nitrogen and oxygen atoms in total. The van der Waals surface area contributed by atoms with Crippen molar-refractivity contribution < 1.29 is 0 Å². The third-order valence-electron chi connectivity index (χ3n) is 3.34. The van der Waals surface area contributed by atoms with Crippen LogP contribution >= 0.6 is 11.3 Å². The van der Waals surface area contributed by atoms with Crippen LogP contribution in [-0.4, -0.2) is 24.5 Å². The van der Waals surface area contributed by atoms with Crippen LogP contribution < -0.4 is 5.73 Å². The Labute approximate surface area is 116 Å². The number of thiophene rings is 1. The fraction of sp³-hybridized carbons (Fsp3) is 0.733. The van der Waals surface area contributed by atoms with Gasteiger partial charge in [-0.05, 0) is 50.2 Å². The van der Waals surface area contributed by atoms with Gasteiger partial charge in [0.15, 0.2) is 0 Å². The summed E-state index contributed by atoms with van der Waals surface area (Å²) in [7, 11) is 2.19. The van der Waals surface area contributed by atoms with Gasteiger partial charge in [-0.15, -0.1) is 11.3 Å². The molecule has 2 N–H and O–H groups in total. The lowest BCUT2D eigenvalue weighted by Gasteiger charge is -2.27. The predicted molar refractivity (Wildman–Crippen MR) is 82.0 cm³/mol. The van der Waals surface area contributed by atoms with Crippen molar-refractivity contribution in [2.24, 2.45) is 11.1 Å². The van der Waals surface area contributed by atoms with E-state index in [9.17, 15) is 0 Å². The zero-order chi connectivity index (χ0) is 13.8. The molecule has 2 unspecified atom stereocenters. The Morgan fingerprint density at radius 2 is 2.06 bits per heavy atom. The van der Waals surface area contributed by atoms with Crippen LogP contribution in [0.3, 0.4) is 0 Å². The Morgan fingerprint density at radius 3 is 2.56 bits per heavy atom. The smallest absolute Gasteiger partial charge is 0.0410 e. The Hall–Kier alpha value is -0.380. The average molecular weight is 268 g/mol.